The van der Waals surface area contributed by atoms with Crippen molar-refractivity contribution < 1.29 is 9.53 Å². The number of halogens is 1. The molecule has 0 aliphatic rings. The Morgan fingerprint density at radius 3 is 2.89 bits per heavy atom. The van der Waals surface area contributed by atoms with E-state index in [4.69, 9.17) is 18.0 Å². The van der Waals surface area contributed by atoms with Gasteiger partial charge in [-0.15, -0.1) is 18.0 Å². The summed E-state index contributed by atoms with van der Waals surface area (Å²) in [5.41, 5.74) is 0. The summed E-state index contributed by atoms with van der Waals surface area (Å²) in [4.78, 5) is 10.5. The Kier molecular flexibility index (Phi) is 3.90. The van der Waals surface area contributed by atoms with Gasteiger partial charge >= 0.3 is 5.97 Å². The second kappa shape index (κ2) is 4.22. The zero-order valence-corrected chi connectivity index (χ0v) is 5.81. The van der Waals surface area contributed by atoms with E-state index in [1.165, 1.54) is 6.92 Å². The summed E-state index contributed by atoms with van der Waals surface area (Å²) in [7, 11) is 0. The molecule has 0 N–H and O–H groups in total. The molecule has 0 saturated carbocycles. The summed E-state index contributed by atoms with van der Waals surface area (Å²) in [6.45, 7) is 1.52. The summed E-state index contributed by atoms with van der Waals surface area (Å²) < 4.78 is 4.45. The highest BCUT2D eigenvalue weighted by molar-refractivity contribution is 6.29. The third-order valence-corrected chi connectivity index (χ3v) is 0.801. The summed E-state index contributed by atoms with van der Waals surface area (Å²) in [5, 5.41) is -0.613. The van der Waals surface area contributed by atoms with Crippen LogP contribution in [0.4, 0.5) is 0 Å². The molecule has 0 radical (unpaired) electrons. The maximum Gasteiger partial charge on any atom is 0.324 e. The third kappa shape index (κ3) is 3.87. The molecule has 2 nitrogen and oxygen atoms in total. The fraction of sp³-hybridized carbons (Fsp3) is 0.500. The topological polar surface area (TPSA) is 26.3 Å². The number of hydrogen-bond acceptors (Lipinski definition) is 2. The predicted octanol–water partition coefficient (Wildman–Crippen LogP) is 0.790. The Balaban J connectivity index is 3.42. The number of hydrogen-bond donors (Lipinski definition) is 0. The first-order valence-corrected chi connectivity index (χ1v) is 2.86. The Bertz CT molecular complexity index is 134. The van der Waals surface area contributed by atoms with Gasteiger partial charge in [0.05, 0.1) is 0 Å². The van der Waals surface area contributed by atoms with Crippen LogP contribution >= 0.6 is 11.6 Å². The largest absolute Gasteiger partial charge is 0.451 e. The van der Waals surface area contributed by atoms with E-state index in [0.717, 1.165) is 0 Å². The fourth-order valence-corrected chi connectivity index (χ4v) is 0.291. The molecule has 0 heterocycles. The molecule has 0 aromatic rings. The van der Waals surface area contributed by atoms with E-state index in [9.17, 15) is 4.79 Å². The van der Waals surface area contributed by atoms with Crippen molar-refractivity contribution in [1.29, 1.82) is 0 Å². The standard InChI is InChI=1S/C6H7ClO2/c1-3-4-9-6(8)5(2)7/h1,5H,4H2,2H3. The van der Waals surface area contributed by atoms with Crippen LogP contribution in [-0.2, 0) is 9.53 Å². The molecule has 0 aliphatic carbocycles. The van der Waals surface area contributed by atoms with Gasteiger partial charge in [0.2, 0.25) is 0 Å². The number of rotatable bonds is 2. The first kappa shape index (κ1) is 8.32. The van der Waals surface area contributed by atoms with Gasteiger partial charge in [-0.05, 0) is 6.92 Å². The van der Waals surface area contributed by atoms with E-state index >= 15 is 0 Å². The predicted molar refractivity (Wildman–Crippen MR) is 35.1 cm³/mol. The van der Waals surface area contributed by atoms with Crippen LogP contribution in [0.5, 0.6) is 0 Å². The van der Waals surface area contributed by atoms with Crippen LogP contribution in [0.15, 0.2) is 0 Å². The van der Waals surface area contributed by atoms with Crippen LogP contribution < -0.4 is 0 Å². The molecule has 50 valence electrons. The lowest BCUT2D eigenvalue weighted by atomic mass is 10.5. The quantitative estimate of drug-likeness (QED) is 0.327. The maximum atomic E-state index is 10.5. The lowest BCUT2D eigenvalue weighted by molar-refractivity contribution is -0.141. The van der Waals surface area contributed by atoms with Crippen LogP contribution in [0, 0.1) is 12.3 Å². The average Bonchev–Trinajstić information content (AvgIpc) is 1.82. The molecule has 1 atom stereocenters. The second-order valence-corrected chi connectivity index (χ2v) is 2.08. The van der Waals surface area contributed by atoms with Crippen molar-refractivity contribution in [2.24, 2.45) is 0 Å². The van der Waals surface area contributed by atoms with Crippen molar-refractivity contribution in [3.05, 3.63) is 0 Å². The van der Waals surface area contributed by atoms with E-state index < -0.39 is 11.3 Å². The number of carbonyl (C=O) groups excluding carboxylic acids is 1. The van der Waals surface area contributed by atoms with Crippen molar-refractivity contribution >= 4 is 17.6 Å². The van der Waals surface area contributed by atoms with Crippen molar-refractivity contribution in [3.63, 3.8) is 0 Å². The second-order valence-electron chi connectivity index (χ2n) is 1.43. The van der Waals surface area contributed by atoms with Gasteiger partial charge < -0.3 is 4.74 Å². The molecule has 1 unspecified atom stereocenters. The van der Waals surface area contributed by atoms with Crippen LogP contribution in [0.2, 0.25) is 0 Å². The van der Waals surface area contributed by atoms with Crippen molar-refractivity contribution in [1.82, 2.24) is 0 Å². The number of esters is 1. The average molecular weight is 147 g/mol. The van der Waals surface area contributed by atoms with E-state index in [2.05, 4.69) is 10.7 Å². The molecule has 0 spiro atoms. The highest BCUT2D eigenvalue weighted by Gasteiger charge is 2.08. The summed E-state index contributed by atoms with van der Waals surface area (Å²) in [6, 6.07) is 0. The summed E-state index contributed by atoms with van der Waals surface area (Å²) >= 11 is 5.32. The number of carbonyl (C=O) groups is 1. The van der Waals surface area contributed by atoms with Crippen LogP contribution in [-0.4, -0.2) is 18.0 Å². The molecule has 0 fully saturated rings. The Hall–Kier alpha value is -0.680. The van der Waals surface area contributed by atoms with Gasteiger partial charge in [0.1, 0.15) is 5.38 Å². The van der Waals surface area contributed by atoms with Crippen LogP contribution in [0.25, 0.3) is 0 Å². The Labute approximate surface area is 59.1 Å². The number of ether oxygens (including phenoxy) is 1. The SMILES string of the molecule is C#CCOC(=O)C(C)Cl. The van der Waals surface area contributed by atoms with Gasteiger partial charge in [0.15, 0.2) is 6.61 Å². The normalized spacial score (nSPS) is 11.7. The maximum absolute atomic E-state index is 10.5. The highest BCUT2D eigenvalue weighted by atomic mass is 35.5. The Morgan fingerprint density at radius 2 is 2.56 bits per heavy atom. The van der Waals surface area contributed by atoms with E-state index in [1.54, 1.807) is 0 Å². The van der Waals surface area contributed by atoms with Gasteiger partial charge in [-0.3, -0.25) is 4.79 Å². The monoisotopic (exact) mass is 146 g/mol. The molecule has 0 aromatic heterocycles. The van der Waals surface area contributed by atoms with Crippen LogP contribution in [0.1, 0.15) is 6.92 Å². The first-order chi connectivity index (χ1) is 4.18. The molecule has 3 heteroatoms. The fourth-order valence-electron chi connectivity index (χ4n) is 0.228. The molecule has 0 bridgehead atoms. The minimum atomic E-state index is -0.613. The zero-order chi connectivity index (χ0) is 7.28. The van der Waals surface area contributed by atoms with E-state index in [1.807, 2.05) is 0 Å². The zero-order valence-electron chi connectivity index (χ0n) is 5.06. The molecule has 0 amide bonds. The van der Waals surface area contributed by atoms with Gasteiger partial charge in [0, 0.05) is 0 Å². The number of terminal acetylenes is 1. The highest BCUT2D eigenvalue weighted by Crippen LogP contribution is 1.95. The van der Waals surface area contributed by atoms with Gasteiger partial charge in [0.25, 0.3) is 0 Å². The molecule has 9 heavy (non-hydrogen) atoms. The summed E-state index contributed by atoms with van der Waals surface area (Å²) in [6.07, 6.45) is 4.81. The molecular weight excluding hydrogens is 140 g/mol. The molecule has 0 aliphatic heterocycles. The van der Waals surface area contributed by atoms with E-state index in [0.29, 0.717) is 0 Å². The first-order valence-electron chi connectivity index (χ1n) is 2.42. The van der Waals surface area contributed by atoms with Gasteiger partial charge in [-0.1, -0.05) is 5.92 Å². The van der Waals surface area contributed by atoms with Gasteiger partial charge in [-0.2, -0.15) is 0 Å². The minimum absolute atomic E-state index is 0.00407. The molecule has 0 saturated heterocycles. The molecule has 0 rings (SSSR count). The van der Waals surface area contributed by atoms with Crippen LogP contribution in [0.3, 0.4) is 0 Å². The lowest BCUT2D eigenvalue weighted by Gasteiger charge is -1.99. The van der Waals surface area contributed by atoms with Crippen molar-refractivity contribution in [2.75, 3.05) is 6.61 Å². The van der Waals surface area contributed by atoms with E-state index in [-0.39, 0.29) is 6.61 Å². The Morgan fingerprint density at radius 1 is 2.00 bits per heavy atom. The van der Waals surface area contributed by atoms with Crippen molar-refractivity contribution in [3.8, 4) is 12.3 Å². The molecule has 0 aromatic carbocycles. The smallest absolute Gasteiger partial charge is 0.324 e. The lowest BCUT2D eigenvalue weighted by Crippen LogP contribution is -2.14. The minimum Gasteiger partial charge on any atom is -0.451 e. The van der Waals surface area contributed by atoms with Gasteiger partial charge in [-0.25, -0.2) is 0 Å². The number of alkyl halides is 1. The third-order valence-electron chi connectivity index (χ3n) is 0.623. The molecular formula is C6H7ClO2. The summed E-state index contributed by atoms with van der Waals surface area (Å²) in [5.74, 6) is 1.67. The van der Waals surface area contributed by atoms with Crippen molar-refractivity contribution in [2.45, 2.75) is 12.3 Å².